The van der Waals surface area contributed by atoms with Crippen LogP contribution in [0.1, 0.15) is 18.4 Å². The molecule has 0 unspecified atom stereocenters. The molecule has 0 spiro atoms. The summed E-state index contributed by atoms with van der Waals surface area (Å²) < 4.78 is 1.07. The van der Waals surface area contributed by atoms with E-state index in [0.29, 0.717) is 10.7 Å². The van der Waals surface area contributed by atoms with E-state index < -0.39 is 0 Å². The van der Waals surface area contributed by atoms with Gasteiger partial charge in [0.2, 0.25) is 5.91 Å². The summed E-state index contributed by atoms with van der Waals surface area (Å²) in [5.74, 6) is 0.877. The van der Waals surface area contributed by atoms with Crippen molar-refractivity contribution in [1.29, 1.82) is 5.26 Å². The predicted molar refractivity (Wildman–Crippen MR) is 102 cm³/mol. The Labute approximate surface area is 155 Å². The molecule has 4 rings (SSSR count). The molecule has 2 aromatic heterocycles. The lowest BCUT2D eigenvalue weighted by molar-refractivity contribution is -0.120. The molecule has 130 valence electrons. The number of nitrogens with one attached hydrogen (secondary N) is 1. The number of hydrogen-bond acceptors (Lipinski definition) is 6. The molecule has 3 heterocycles. The van der Waals surface area contributed by atoms with Gasteiger partial charge in [0, 0.05) is 25.2 Å². The van der Waals surface area contributed by atoms with Crippen molar-refractivity contribution in [2.24, 2.45) is 5.92 Å². The quantitative estimate of drug-likeness (QED) is 0.771. The SMILES string of the molecule is N#Cc1ccc(N2CCC(C(=O)Nc3nc4ccccc4s3)CC2)nc1. The van der Waals surface area contributed by atoms with E-state index in [9.17, 15) is 4.79 Å². The van der Waals surface area contributed by atoms with Gasteiger partial charge >= 0.3 is 0 Å². The summed E-state index contributed by atoms with van der Waals surface area (Å²) in [5.41, 5.74) is 1.47. The number of thiazole rings is 1. The Morgan fingerprint density at radius 3 is 2.73 bits per heavy atom. The van der Waals surface area contributed by atoms with E-state index in [1.807, 2.05) is 30.3 Å². The molecule has 7 heteroatoms. The Morgan fingerprint density at radius 2 is 2.04 bits per heavy atom. The Bertz CT molecular complexity index is 935. The van der Waals surface area contributed by atoms with Gasteiger partial charge in [-0.15, -0.1) is 0 Å². The van der Waals surface area contributed by atoms with Crippen LogP contribution in [0.2, 0.25) is 0 Å². The number of amides is 1. The van der Waals surface area contributed by atoms with Crippen LogP contribution >= 0.6 is 11.3 Å². The van der Waals surface area contributed by atoms with Gasteiger partial charge < -0.3 is 10.2 Å². The van der Waals surface area contributed by atoms with Gasteiger partial charge in [-0.1, -0.05) is 23.5 Å². The molecule has 3 aromatic rings. The molecule has 1 aliphatic rings. The number of benzene rings is 1. The lowest BCUT2D eigenvalue weighted by Crippen LogP contribution is -2.38. The van der Waals surface area contributed by atoms with E-state index >= 15 is 0 Å². The maximum atomic E-state index is 12.6. The average molecular weight is 363 g/mol. The van der Waals surface area contributed by atoms with Gasteiger partial charge in [0.25, 0.3) is 0 Å². The number of nitrogens with zero attached hydrogens (tertiary/aromatic N) is 4. The minimum Gasteiger partial charge on any atom is -0.357 e. The number of aromatic nitrogens is 2. The number of para-hydroxylation sites is 1. The van der Waals surface area contributed by atoms with Crippen LogP contribution in [0.15, 0.2) is 42.6 Å². The second-order valence-corrected chi connectivity index (χ2v) is 7.28. The van der Waals surface area contributed by atoms with Crippen LogP contribution in [0.3, 0.4) is 0 Å². The normalized spacial score (nSPS) is 15.0. The van der Waals surface area contributed by atoms with Crippen molar-refractivity contribution in [3.63, 3.8) is 0 Å². The Hall–Kier alpha value is -2.98. The Balaban J connectivity index is 1.36. The number of anilines is 2. The second-order valence-electron chi connectivity index (χ2n) is 6.25. The number of pyridine rings is 1. The van der Waals surface area contributed by atoms with E-state index in [2.05, 4.69) is 26.3 Å². The minimum atomic E-state index is -0.0170. The third-order valence-corrected chi connectivity index (χ3v) is 5.54. The molecule has 0 radical (unpaired) electrons. The molecule has 1 N–H and O–H groups in total. The van der Waals surface area contributed by atoms with Crippen LogP contribution in [-0.4, -0.2) is 29.0 Å². The third kappa shape index (κ3) is 3.37. The van der Waals surface area contributed by atoms with Gasteiger partial charge in [-0.25, -0.2) is 9.97 Å². The summed E-state index contributed by atoms with van der Waals surface area (Å²) in [7, 11) is 0. The lowest BCUT2D eigenvalue weighted by Gasteiger charge is -2.31. The fraction of sp³-hybridized carbons (Fsp3) is 0.263. The number of rotatable bonds is 3. The third-order valence-electron chi connectivity index (χ3n) is 4.59. The molecule has 6 nitrogen and oxygen atoms in total. The molecule has 0 aliphatic carbocycles. The second kappa shape index (κ2) is 7.10. The Kier molecular flexibility index (Phi) is 4.50. The maximum absolute atomic E-state index is 12.6. The number of piperidine rings is 1. The average Bonchev–Trinajstić information content (AvgIpc) is 3.10. The van der Waals surface area contributed by atoms with E-state index in [0.717, 1.165) is 42.0 Å². The molecule has 1 amide bonds. The molecule has 0 saturated carbocycles. The number of carbonyl (C=O) groups excluding carboxylic acids is 1. The van der Waals surface area contributed by atoms with E-state index in [4.69, 9.17) is 5.26 Å². The largest absolute Gasteiger partial charge is 0.357 e. The van der Waals surface area contributed by atoms with Crippen LogP contribution in [0.4, 0.5) is 10.9 Å². The zero-order chi connectivity index (χ0) is 17.9. The van der Waals surface area contributed by atoms with Gasteiger partial charge in [0.15, 0.2) is 5.13 Å². The number of nitriles is 1. The van der Waals surface area contributed by atoms with Gasteiger partial charge in [-0.2, -0.15) is 5.26 Å². The van der Waals surface area contributed by atoms with Crippen LogP contribution in [0.25, 0.3) is 10.2 Å². The van der Waals surface area contributed by atoms with Crippen molar-refractivity contribution in [2.75, 3.05) is 23.3 Å². The lowest BCUT2D eigenvalue weighted by atomic mass is 9.96. The van der Waals surface area contributed by atoms with Crippen LogP contribution in [0, 0.1) is 17.2 Å². The highest BCUT2D eigenvalue weighted by Gasteiger charge is 2.26. The van der Waals surface area contributed by atoms with Crippen LogP contribution in [-0.2, 0) is 4.79 Å². The topological polar surface area (TPSA) is 81.9 Å². The molecule has 1 aliphatic heterocycles. The first-order valence-electron chi connectivity index (χ1n) is 8.50. The number of hydrogen-bond donors (Lipinski definition) is 1. The van der Waals surface area contributed by atoms with Gasteiger partial charge in [-0.3, -0.25) is 4.79 Å². The molecule has 0 atom stereocenters. The fourth-order valence-corrected chi connectivity index (χ4v) is 4.01. The van der Waals surface area contributed by atoms with Crippen molar-refractivity contribution in [3.8, 4) is 6.07 Å². The zero-order valence-corrected chi connectivity index (χ0v) is 14.9. The standard InChI is InChI=1S/C19H17N5OS/c20-11-13-5-6-17(21-12-13)24-9-7-14(8-10-24)18(25)23-19-22-15-3-1-2-4-16(15)26-19/h1-6,12,14H,7-10H2,(H,22,23,25). The van der Waals surface area contributed by atoms with Crippen molar-refractivity contribution in [3.05, 3.63) is 48.2 Å². The number of fused-ring (bicyclic) bond motifs is 1. The summed E-state index contributed by atoms with van der Waals surface area (Å²) in [6, 6.07) is 13.6. The first-order valence-corrected chi connectivity index (χ1v) is 9.32. The van der Waals surface area contributed by atoms with Crippen LogP contribution in [0.5, 0.6) is 0 Å². The van der Waals surface area contributed by atoms with E-state index in [1.165, 1.54) is 11.3 Å². The highest BCUT2D eigenvalue weighted by atomic mass is 32.1. The first kappa shape index (κ1) is 16.5. The van der Waals surface area contributed by atoms with E-state index in [-0.39, 0.29) is 11.8 Å². The molecule has 1 saturated heterocycles. The highest BCUT2D eigenvalue weighted by molar-refractivity contribution is 7.22. The van der Waals surface area contributed by atoms with Crippen LogP contribution < -0.4 is 10.2 Å². The molecular weight excluding hydrogens is 346 g/mol. The predicted octanol–water partition coefficient (Wildman–Crippen LogP) is 3.42. The molecule has 1 aromatic carbocycles. The Morgan fingerprint density at radius 1 is 1.23 bits per heavy atom. The fourth-order valence-electron chi connectivity index (χ4n) is 3.14. The van der Waals surface area contributed by atoms with Gasteiger partial charge in [0.05, 0.1) is 15.8 Å². The minimum absolute atomic E-state index is 0.0170. The molecular formula is C19H17N5OS. The molecule has 26 heavy (non-hydrogen) atoms. The summed E-state index contributed by atoms with van der Waals surface area (Å²) in [6.07, 6.45) is 3.14. The van der Waals surface area contributed by atoms with Crippen molar-refractivity contribution >= 4 is 38.4 Å². The van der Waals surface area contributed by atoms with Gasteiger partial charge in [0.1, 0.15) is 11.9 Å². The summed E-state index contributed by atoms with van der Waals surface area (Å²) in [4.78, 5) is 23.5. The summed E-state index contributed by atoms with van der Waals surface area (Å²) >= 11 is 1.50. The van der Waals surface area contributed by atoms with Crippen molar-refractivity contribution in [1.82, 2.24) is 9.97 Å². The molecule has 0 bridgehead atoms. The first-order chi connectivity index (χ1) is 12.7. The summed E-state index contributed by atoms with van der Waals surface area (Å²) in [6.45, 7) is 1.55. The maximum Gasteiger partial charge on any atom is 0.229 e. The summed E-state index contributed by atoms with van der Waals surface area (Å²) in [5, 5.41) is 12.5. The zero-order valence-electron chi connectivity index (χ0n) is 14.1. The van der Waals surface area contributed by atoms with Crippen molar-refractivity contribution in [2.45, 2.75) is 12.8 Å². The number of carbonyl (C=O) groups is 1. The molecule has 1 fully saturated rings. The van der Waals surface area contributed by atoms with Crippen molar-refractivity contribution < 1.29 is 4.79 Å². The van der Waals surface area contributed by atoms with E-state index in [1.54, 1.807) is 12.3 Å². The smallest absolute Gasteiger partial charge is 0.229 e. The highest BCUT2D eigenvalue weighted by Crippen LogP contribution is 2.27. The van der Waals surface area contributed by atoms with Gasteiger partial charge in [-0.05, 0) is 37.1 Å². The monoisotopic (exact) mass is 363 g/mol.